The highest BCUT2D eigenvalue weighted by Crippen LogP contribution is 2.19. The summed E-state index contributed by atoms with van der Waals surface area (Å²) >= 11 is 5.88. The molecule has 0 radical (unpaired) electrons. The van der Waals surface area contributed by atoms with Crippen molar-refractivity contribution in [1.82, 2.24) is 15.0 Å². The second-order valence-electron chi connectivity index (χ2n) is 4.34. The van der Waals surface area contributed by atoms with Crippen molar-refractivity contribution in [2.45, 2.75) is 6.54 Å². The van der Waals surface area contributed by atoms with E-state index < -0.39 is 0 Å². The molecule has 0 bridgehead atoms. The van der Waals surface area contributed by atoms with Gasteiger partial charge < -0.3 is 5.32 Å². The second-order valence-corrected chi connectivity index (χ2v) is 4.78. The molecular formula is C15H13ClN4. The molecule has 0 unspecified atom stereocenters. The van der Waals surface area contributed by atoms with Gasteiger partial charge in [-0.2, -0.15) is 0 Å². The van der Waals surface area contributed by atoms with Gasteiger partial charge in [0.05, 0.1) is 23.8 Å². The minimum absolute atomic E-state index is 0.725. The monoisotopic (exact) mass is 284 g/mol. The third kappa shape index (κ3) is 2.81. The molecule has 0 aliphatic heterocycles. The van der Waals surface area contributed by atoms with Crippen molar-refractivity contribution in [2.24, 2.45) is 0 Å². The van der Waals surface area contributed by atoms with Crippen molar-refractivity contribution >= 4 is 17.3 Å². The Hall–Kier alpha value is -2.33. The van der Waals surface area contributed by atoms with Gasteiger partial charge in [0, 0.05) is 11.6 Å². The smallest absolute Gasteiger partial charge is 0.0894 e. The predicted octanol–water partition coefficient (Wildman–Crippen LogP) is 3.53. The molecule has 3 aromatic rings. The van der Waals surface area contributed by atoms with Gasteiger partial charge in [-0.05, 0) is 29.8 Å². The summed E-state index contributed by atoms with van der Waals surface area (Å²) in [4.78, 5) is 0. The van der Waals surface area contributed by atoms with E-state index in [1.165, 1.54) is 5.56 Å². The van der Waals surface area contributed by atoms with Crippen molar-refractivity contribution in [3.63, 3.8) is 0 Å². The van der Waals surface area contributed by atoms with Crippen LogP contribution in [0.15, 0.2) is 60.9 Å². The van der Waals surface area contributed by atoms with E-state index in [0.717, 1.165) is 22.9 Å². The van der Waals surface area contributed by atoms with Gasteiger partial charge in [0.1, 0.15) is 0 Å². The Balaban J connectivity index is 1.79. The van der Waals surface area contributed by atoms with E-state index in [4.69, 9.17) is 11.6 Å². The van der Waals surface area contributed by atoms with Crippen molar-refractivity contribution in [2.75, 3.05) is 5.32 Å². The van der Waals surface area contributed by atoms with Gasteiger partial charge in [0.25, 0.3) is 0 Å². The lowest BCUT2D eigenvalue weighted by atomic mass is 10.2. The number of benzene rings is 2. The standard InChI is InChI=1S/C15H13ClN4/c16-13-7-5-12(6-8-13)11-17-14-3-1-2-4-15(14)20-10-9-18-19-20/h1-10,17H,11H2. The fourth-order valence-corrected chi connectivity index (χ4v) is 2.09. The van der Waals surface area contributed by atoms with Crippen LogP contribution in [-0.4, -0.2) is 15.0 Å². The summed E-state index contributed by atoms with van der Waals surface area (Å²) < 4.78 is 1.74. The topological polar surface area (TPSA) is 42.7 Å². The largest absolute Gasteiger partial charge is 0.379 e. The Morgan fingerprint density at radius 1 is 1.05 bits per heavy atom. The third-order valence-corrected chi connectivity index (χ3v) is 3.22. The van der Waals surface area contributed by atoms with Crippen LogP contribution in [0.25, 0.3) is 5.69 Å². The molecule has 20 heavy (non-hydrogen) atoms. The lowest BCUT2D eigenvalue weighted by Crippen LogP contribution is -2.04. The number of aromatic nitrogens is 3. The zero-order valence-electron chi connectivity index (χ0n) is 10.7. The third-order valence-electron chi connectivity index (χ3n) is 2.97. The molecule has 3 rings (SSSR count). The zero-order valence-corrected chi connectivity index (χ0v) is 11.5. The maximum Gasteiger partial charge on any atom is 0.0894 e. The molecule has 0 saturated carbocycles. The van der Waals surface area contributed by atoms with Crippen LogP contribution in [0.1, 0.15) is 5.56 Å². The minimum Gasteiger partial charge on any atom is -0.379 e. The number of halogens is 1. The number of nitrogens with one attached hydrogen (secondary N) is 1. The Bertz CT molecular complexity index is 677. The van der Waals surface area contributed by atoms with Crippen LogP contribution in [0.3, 0.4) is 0 Å². The van der Waals surface area contributed by atoms with Crippen LogP contribution >= 0.6 is 11.6 Å². The number of rotatable bonds is 4. The quantitative estimate of drug-likeness (QED) is 0.797. The predicted molar refractivity (Wildman–Crippen MR) is 80.1 cm³/mol. The van der Waals surface area contributed by atoms with Gasteiger partial charge in [-0.15, -0.1) is 5.10 Å². The second kappa shape index (κ2) is 5.75. The van der Waals surface area contributed by atoms with E-state index in [1.54, 1.807) is 10.9 Å². The highest BCUT2D eigenvalue weighted by molar-refractivity contribution is 6.30. The van der Waals surface area contributed by atoms with Crippen molar-refractivity contribution in [3.8, 4) is 5.69 Å². The summed E-state index contributed by atoms with van der Waals surface area (Å²) in [5, 5.41) is 12.0. The highest BCUT2D eigenvalue weighted by atomic mass is 35.5. The van der Waals surface area contributed by atoms with Gasteiger partial charge in [-0.3, -0.25) is 0 Å². The Morgan fingerprint density at radius 2 is 1.85 bits per heavy atom. The average molecular weight is 285 g/mol. The first kappa shape index (κ1) is 12.7. The first-order chi connectivity index (χ1) is 9.83. The number of hydrogen-bond donors (Lipinski definition) is 1. The zero-order chi connectivity index (χ0) is 13.8. The Kier molecular flexibility index (Phi) is 3.65. The molecule has 4 nitrogen and oxygen atoms in total. The van der Waals surface area contributed by atoms with E-state index in [1.807, 2.05) is 54.7 Å². The molecule has 1 aromatic heterocycles. The molecule has 0 spiro atoms. The van der Waals surface area contributed by atoms with Crippen molar-refractivity contribution < 1.29 is 0 Å². The van der Waals surface area contributed by atoms with Crippen LogP contribution in [0.5, 0.6) is 0 Å². The lowest BCUT2D eigenvalue weighted by molar-refractivity contribution is 0.803. The summed E-state index contributed by atoms with van der Waals surface area (Å²) in [6, 6.07) is 15.8. The molecule has 2 aromatic carbocycles. The highest BCUT2D eigenvalue weighted by Gasteiger charge is 2.04. The molecule has 0 aliphatic carbocycles. The van der Waals surface area contributed by atoms with Crippen LogP contribution in [-0.2, 0) is 6.54 Å². The van der Waals surface area contributed by atoms with E-state index in [0.29, 0.717) is 0 Å². The maximum atomic E-state index is 5.88. The maximum absolute atomic E-state index is 5.88. The molecule has 0 amide bonds. The van der Waals surface area contributed by atoms with Crippen molar-refractivity contribution in [1.29, 1.82) is 0 Å². The molecule has 0 fully saturated rings. The summed E-state index contributed by atoms with van der Waals surface area (Å²) in [7, 11) is 0. The molecule has 5 heteroatoms. The number of anilines is 1. The molecular weight excluding hydrogens is 272 g/mol. The van der Waals surface area contributed by atoms with Crippen LogP contribution in [0.2, 0.25) is 5.02 Å². The number of hydrogen-bond acceptors (Lipinski definition) is 3. The Morgan fingerprint density at radius 3 is 2.60 bits per heavy atom. The molecule has 1 N–H and O–H groups in total. The summed E-state index contributed by atoms with van der Waals surface area (Å²) in [6.45, 7) is 0.725. The molecule has 100 valence electrons. The first-order valence-electron chi connectivity index (χ1n) is 6.27. The Labute approximate surface area is 122 Å². The van der Waals surface area contributed by atoms with Gasteiger partial charge in [-0.1, -0.05) is 41.1 Å². The van der Waals surface area contributed by atoms with E-state index >= 15 is 0 Å². The van der Waals surface area contributed by atoms with E-state index in [9.17, 15) is 0 Å². The fourth-order valence-electron chi connectivity index (χ4n) is 1.96. The van der Waals surface area contributed by atoms with Crippen LogP contribution < -0.4 is 5.32 Å². The summed E-state index contributed by atoms with van der Waals surface area (Å²) in [5.41, 5.74) is 3.15. The number of para-hydroxylation sites is 2. The minimum atomic E-state index is 0.725. The number of nitrogens with zero attached hydrogens (tertiary/aromatic N) is 3. The van der Waals surface area contributed by atoms with E-state index in [-0.39, 0.29) is 0 Å². The van der Waals surface area contributed by atoms with Crippen molar-refractivity contribution in [3.05, 3.63) is 71.5 Å². The molecule has 0 atom stereocenters. The SMILES string of the molecule is Clc1ccc(CNc2ccccc2-n2ccnn2)cc1. The van der Waals surface area contributed by atoms with E-state index in [2.05, 4.69) is 15.6 Å². The molecule has 1 heterocycles. The average Bonchev–Trinajstić information content (AvgIpc) is 3.01. The first-order valence-corrected chi connectivity index (χ1v) is 6.65. The van der Waals surface area contributed by atoms with Gasteiger partial charge in [-0.25, -0.2) is 4.68 Å². The van der Waals surface area contributed by atoms with Crippen LogP contribution in [0, 0.1) is 0 Å². The molecule has 0 saturated heterocycles. The van der Waals surface area contributed by atoms with Gasteiger partial charge >= 0.3 is 0 Å². The summed E-state index contributed by atoms with van der Waals surface area (Å²) in [6.07, 6.45) is 3.48. The van der Waals surface area contributed by atoms with Crippen LogP contribution in [0.4, 0.5) is 5.69 Å². The lowest BCUT2D eigenvalue weighted by Gasteiger charge is -2.11. The van der Waals surface area contributed by atoms with Gasteiger partial charge in [0.15, 0.2) is 0 Å². The fraction of sp³-hybridized carbons (Fsp3) is 0.0667. The normalized spacial score (nSPS) is 10.4. The van der Waals surface area contributed by atoms with Gasteiger partial charge in [0.2, 0.25) is 0 Å². The molecule has 0 aliphatic rings. The summed E-state index contributed by atoms with van der Waals surface area (Å²) in [5.74, 6) is 0.